The van der Waals surface area contributed by atoms with Crippen molar-refractivity contribution < 1.29 is 13.2 Å². The third-order valence-corrected chi connectivity index (χ3v) is 7.99. The second kappa shape index (κ2) is 12.3. The molecule has 0 aliphatic carbocycles. The molecule has 1 heterocycles. The second-order valence-corrected chi connectivity index (χ2v) is 10.3. The maximum Gasteiger partial charge on any atom is 0.223 e. The SMILES string of the molecule is CCCCC(CC)CNC(=O)C1CCN(S(=O)(=O)CCCc2ccccc2)CC1. The molecule has 1 aromatic rings. The molecular formula is C23H38N2O3S. The zero-order valence-electron chi connectivity index (χ0n) is 18.1. The van der Waals surface area contributed by atoms with Gasteiger partial charge in [-0.3, -0.25) is 4.79 Å². The predicted molar refractivity (Wildman–Crippen MR) is 119 cm³/mol. The zero-order valence-corrected chi connectivity index (χ0v) is 18.9. The van der Waals surface area contributed by atoms with E-state index in [2.05, 4.69) is 19.2 Å². The molecule has 1 atom stereocenters. The summed E-state index contributed by atoms with van der Waals surface area (Å²) in [6, 6.07) is 9.98. The molecule has 1 unspecified atom stereocenters. The van der Waals surface area contributed by atoms with Crippen LogP contribution in [0.25, 0.3) is 0 Å². The molecule has 6 heteroatoms. The molecule has 1 aromatic carbocycles. The fourth-order valence-electron chi connectivity index (χ4n) is 3.96. The van der Waals surface area contributed by atoms with E-state index in [0.717, 1.165) is 25.8 Å². The number of amides is 1. The van der Waals surface area contributed by atoms with Crippen LogP contribution < -0.4 is 5.32 Å². The van der Waals surface area contributed by atoms with Crippen molar-refractivity contribution in [2.75, 3.05) is 25.4 Å². The van der Waals surface area contributed by atoms with Gasteiger partial charge in [0.15, 0.2) is 0 Å². The van der Waals surface area contributed by atoms with Gasteiger partial charge < -0.3 is 5.32 Å². The van der Waals surface area contributed by atoms with Crippen molar-refractivity contribution in [3.8, 4) is 0 Å². The first kappa shape index (κ1) is 23.9. The number of rotatable bonds is 12. The largest absolute Gasteiger partial charge is 0.356 e. The number of piperidine rings is 1. The summed E-state index contributed by atoms with van der Waals surface area (Å²) in [7, 11) is -3.24. The van der Waals surface area contributed by atoms with Crippen molar-refractivity contribution in [3.63, 3.8) is 0 Å². The Balaban J connectivity index is 1.72. The lowest BCUT2D eigenvalue weighted by Crippen LogP contribution is -2.44. The lowest BCUT2D eigenvalue weighted by Gasteiger charge is -2.31. The molecule has 2 rings (SSSR count). The Hall–Kier alpha value is -1.40. The highest BCUT2D eigenvalue weighted by Gasteiger charge is 2.30. The minimum absolute atomic E-state index is 0.0607. The summed E-state index contributed by atoms with van der Waals surface area (Å²) >= 11 is 0. The van der Waals surface area contributed by atoms with Crippen LogP contribution in [0.1, 0.15) is 64.4 Å². The Morgan fingerprint density at radius 3 is 2.45 bits per heavy atom. The Morgan fingerprint density at radius 1 is 1.14 bits per heavy atom. The molecule has 164 valence electrons. The van der Waals surface area contributed by atoms with Gasteiger partial charge in [0.05, 0.1) is 5.75 Å². The third-order valence-electron chi connectivity index (χ3n) is 6.04. The smallest absolute Gasteiger partial charge is 0.223 e. The highest BCUT2D eigenvalue weighted by Crippen LogP contribution is 2.21. The number of benzene rings is 1. The van der Waals surface area contributed by atoms with E-state index >= 15 is 0 Å². The van der Waals surface area contributed by atoms with Crippen molar-refractivity contribution in [2.24, 2.45) is 11.8 Å². The molecule has 0 bridgehead atoms. The minimum Gasteiger partial charge on any atom is -0.356 e. The van der Waals surface area contributed by atoms with Crippen LogP contribution >= 0.6 is 0 Å². The van der Waals surface area contributed by atoms with Crippen LogP contribution in [0.2, 0.25) is 0 Å². The van der Waals surface area contributed by atoms with E-state index in [1.807, 2.05) is 30.3 Å². The van der Waals surface area contributed by atoms with Crippen LogP contribution in [0, 0.1) is 11.8 Å². The van der Waals surface area contributed by atoms with Crippen LogP contribution in [0.5, 0.6) is 0 Å². The normalized spacial score (nSPS) is 17.2. The summed E-state index contributed by atoms with van der Waals surface area (Å²) in [5.41, 5.74) is 1.17. The van der Waals surface area contributed by atoms with E-state index in [1.165, 1.54) is 18.4 Å². The fourth-order valence-corrected chi connectivity index (χ4v) is 5.50. The standard InChI is InChI=1S/C23H38N2O3S/c1-3-5-10-20(4-2)19-24-23(26)22-14-16-25(17-15-22)29(27,28)18-9-13-21-11-7-6-8-12-21/h6-8,11-12,20,22H,3-5,9-10,13-19H2,1-2H3,(H,24,26). The average molecular weight is 423 g/mol. The van der Waals surface area contributed by atoms with Crippen LogP contribution in [-0.2, 0) is 21.2 Å². The highest BCUT2D eigenvalue weighted by atomic mass is 32.2. The van der Waals surface area contributed by atoms with Gasteiger partial charge in [0.2, 0.25) is 15.9 Å². The van der Waals surface area contributed by atoms with Crippen molar-refractivity contribution in [1.29, 1.82) is 0 Å². The number of nitrogens with one attached hydrogen (secondary N) is 1. The third kappa shape index (κ3) is 8.09. The zero-order chi connectivity index (χ0) is 21.1. The van der Waals surface area contributed by atoms with E-state index in [4.69, 9.17) is 0 Å². The van der Waals surface area contributed by atoms with Gasteiger partial charge in [-0.25, -0.2) is 12.7 Å². The second-order valence-electron chi connectivity index (χ2n) is 8.24. The predicted octanol–water partition coefficient (Wildman–Crippen LogP) is 3.99. The van der Waals surface area contributed by atoms with E-state index in [9.17, 15) is 13.2 Å². The first-order valence-electron chi connectivity index (χ1n) is 11.3. The summed E-state index contributed by atoms with van der Waals surface area (Å²) in [6.45, 7) is 6.02. The number of carbonyl (C=O) groups is 1. The molecule has 29 heavy (non-hydrogen) atoms. The molecule has 1 aliphatic rings. The molecule has 0 radical (unpaired) electrons. The number of carbonyl (C=O) groups excluding carboxylic acids is 1. The Kier molecular flexibility index (Phi) is 10.2. The molecule has 0 spiro atoms. The van der Waals surface area contributed by atoms with Crippen molar-refractivity contribution >= 4 is 15.9 Å². The number of nitrogens with zero attached hydrogens (tertiary/aromatic N) is 1. The molecule has 1 N–H and O–H groups in total. The van der Waals surface area contributed by atoms with Crippen LogP contribution in [0.3, 0.4) is 0 Å². The summed E-state index contributed by atoms with van der Waals surface area (Å²) in [6.07, 6.45) is 7.27. The first-order chi connectivity index (χ1) is 14.0. The molecule has 1 aliphatic heterocycles. The van der Waals surface area contributed by atoms with Gasteiger partial charge in [-0.2, -0.15) is 0 Å². The lowest BCUT2D eigenvalue weighted by molar-refractivity contribution is -0.126. The molecule has 0 saturated carbocycles. The van der Waals surface area contributed by atoms with E-state index in [0.29, 0.717) is 38.3 Å². The van der Waals surface area contributed by atoms with Gasteiger partial charge in [0.25, 0.3) is 0 Å². The van der Waals surface area contributed by atoms with Crippen LogP contribution in [-0.4, -0.2) is 44.0 Å². The number of hydrogen-bond donors (Lipinski definition) is 1. The quantitative estimate of drug-likeness (QED) is 0.554. The topological polar surface area (TPSA) is 66.5 Å². The molecule has 0 aromatic heterocycles. The van der Waals surface area contributed by atoms with Crippen molar-refractivity contribution in [2.45, 2.75) is 65.2 Å². The van der Waals surface area contributed by atoms with Gasteiger partial charge >= 0.3 is 0 Å². The van der Waals surface area contributed by atoms with Crippen molar-refractivity contribution in [3.05, 3.63) is 35.9 Å². The van der Waals surface area contributed by atoms with Gasteiger partial charge in [0.1, 0.15) is 0 Å². The van der Waals surface area contributed by atoms with Gasteiger partial charge in [0, 0.05) is 25.6 Å². The summed E-state index contributed by atoms with van der Waals surface area (Å²) in [5.74, 6) is 0.758. The van der Waals surface area contributed by atoms with Crippen LogP contribution in [0.4, 0.5) is 0 Å². The van der Waals surface area contributed by atoms with Crippen LogP contribution in [0.15, 0.2) is 30.3 Å². The monoisotopic (exact) mass is 422 g/mol. The Labute approximate surface area is 177 Å². The van der Waals surface area contributed by atoms with Crippen molar-refractivity contribution in [1.82, 2.24) is 9.62 Å². The first-order valence-corrected chi connectivity index (χ1v) is 12.9. The summed E-state index contributed by atoms with van der Waals surface area (Å²) in [5, 5.41) is 3.11. The Bertz CT molecular complexity index is 698. The number of hydrogen-bond acceptors (Lipinski definition) is 3. The highest BCUT2D eigenvalue weighted by molar-refractivity contribution is 7.89. The maximum absolute atomic E-state index is 12.6. The molecule has 5 nitrogen and oxygen atoms in total. The average Bonchev–Trinajstić information content (AvgIpc) is 2.74. The number of aryl methyl sites for hydroxylation is 1. The summed E-state index contributed by atoms with van der Waals surface area (Å²) in [4.78, 5) is 12.5. The van der Waals surface area contributed by atoms with E-state index < -0.39 is 10.0 Å². The van der Waals surface area contributed by atoms with Gasteiger partial charge in [-0.15, -0.1) is 0 Å². The Morgan fingerprint density at radius 2 is 1.83 bits per heavy atom. The summed E-state index contributed by atoms with van der Waals surface area (Å²) < 4.78 is 26.8. The maximum atomic E-state index is 12.6. The van der Waals surface area contributed by atoms with Gasteiger partial charge in [-0.05, 0) is 43.6 Å². The molecular weight excluding hydrogens is 384 g/mol. The molecule has 1 fully saturated rings. The molecule has 1 amide bonds. The minimum atomic E-state index is -3.24. The molecule has 1 saturated heterocycles. The number of sulfonamides is 1. The van der Waals surface area contributed by atoms with E-state index in [1.54, 1.807) is 4.31 Å². The number of unbranched alkanes of at least 4 members (excludes halogenated alkanes) is 1. The fraction of sp³-hybridized carbons (Fsp3) is 0.696. The van der Waals surface area contributed by atoms with Gasteiger partial charge in [-0.1, -0.05) is 63.4 Å². The lowest BCUT2D eigenvalue weighted by atomic mass is 9.95. The van der Waals surface area contributed by atoms with E-state index in [-0.39, 0.29) is 17.6 Å².